The lowest BCUT2D eigenvalue weighted by molar-refractivity contribution is -0.0503. The van der Waals surface area contributed by atoms with E-state index < -0.39 is 0 Å². The maximum Gasteiger partial charge on any atom is 0.251 e. The van der Waals surface area contributed by atoms with Crippen molar-refractivity contribution in [3.63, 3.8) is 0 Å². The monoisotopic (exact) mass is 592 g/mol. The third kappa shape index (κ3) is 6.24. The number of aryl methyl sites for hydroxylation is 1. The van der Waals surface area contributed by atoms with Crippen molar-refractivity contribution in [3.05, 3.63) is 77.6 Å². The first-order valence-corrected chi connectivity index (χ1v) is 17.0. The number of ether oxygens (including phenoxy) is 1. The molecule has 1 saturated heterocycles. The average molecular weight is 593 g/mol. The standard InChI is InChI=1S/C38H48N4O2/c1-3-30-18-32(34-19-36(44-4-2)24-39-23-34)5-6-33(30)25-41-11-13-42(14-12-41)35-9-7-31(8-10-35)37(43)40-26-38-20-27-15-28(21-38)17-29(16-27)22-38/h5-10,18-19,23-24,27-29H,3-4,11-17,20-22,25-26H2,1-2H3,(H,40,43). The third-order valence-corrected chi connectivity index (χ3v) is 11.0. The molecule has 1 aromatic heterocycles. The smallest absolute Gasteiger partial charge is 0.251 e. The molecule has 5 fully saturated rings. The van der Waals surface area contributed by atoms with Crippen molar-refractivity contribution in [2.45, 2.75) is 65.3 Å². The van der Waals surface area contributed by atoms with Crippen LogP contribution in [0.5, 0.6) is 5.75 Å². The van der Waals surface area contributed by atoms with Crippen LogP contribution in [0.15, 0.2) is 60.9 Å². The van der Waals surface area contributed by atoms with Crippen LogP contribution in [0.2, 0.25) is 0 Å². The maximum atomic E-state index is 13.1. The van der Waals surface area contributed by atoms with Crippen molar-refractivity contribution < 1.29 is 9.53 Å². The number of hydrogen-bond donors (Lipinski definition) is 1. The molecule has 5 aliphatic rings. The molecule has 6 heteroatoms. The summed E-state index contributed by atoms with van der Waals surface area (Å²) in [5.74, 6) is 3.65. The van der Waals surface area contributed by atoms with Gasteiger partial charge in [0.2, 0.25) is 0 Å². The van der Waals surface area contributed by atoms with Gasteiger partial charge in [0, 0.05) is 62.3 Å². The van der Waals surface area contributed by atoms with Crippen LogP contribution in [0.25, 0.3) is 11.1 Å². The fraction of sp³-hybridized carbons (Fsp3) is 0.526. The van der Waals surface area contributed by atoms with E-state index in [0.29, 0.717) is 12.0 Å². The molecule has 4 aliphatic carbocycles. The van der Waals surface area contributed by atoms with Gasteiger partial charge >= 0.3 is 0 Å². The molecule has 3 aromatic rings. The fourth-order valence-corrected chi connectivity index (χ4v) is 9.22. The number of hydrogen-bond acceptors (Lipinski definition) is 5. The topological polar surface area (TPSA) is 57.7 Å². The van der Waals surface area contributed by atoms with E-state index in [1.807, 2.05) is 25.3 Å². The first-order valence-electron chi connectivity index (χ1n) is 17.0. The first kappa shape index (κ1) is 29.3. The highest BCUT2D eigenvalue weighted by molar-refractivity contribution is 5.94. The molecular weight excluding hydrogens is 544 g/mol. The fourth-order valence-electron chi connectivity index (χ4n) is 9.22. The van der Waals surface area contributed by atoms with Gasteiger partial charge in [-0.25, -0.2) is 0 Å². The van der Waals surface area contributed by atoms with E-state index in [1.165, 1.54) is 60.9 Å². The lowest BCUT2D eigenvalue weighted by Crippen LogP contribution is -2.51. The van der Waals surface area contributed by atoms with Crippen molar-refractivity contribution in [2.24, 2.45) is 23.2 Å². The lowest BCUT2D eigenvalue weighted by Gasteiger charge is -2.56. The van der Waals surface area contributed by atoms with E-state index in [4.69, 9.17) is 4.74 Å². The van der Waals surface area contributed by atoms with E-state index in [2.05, 4.69) is 63.4 Å². The van der Waals surface area contributed by atoms with Gasteiger partial charge in [-0.2, -0.15) is 0 Å². The van der Waals surface area contributed by atoms with E-state index in [0.717, 1.165) is 80.3 Å². The zero-order valence-electron chi connectivity index (χ0n) is 26.6. The van der Waals surface area contributed by atoms with E-state index in [-0.39, 0.29) is 5.91 Å². The van der Waals surface area contributed by atoms with E-state index >= 15 is 0 Å². The maximum absolute atomic E-state index is 13.1. The molecule has 1 amide bonds. The molecule has 44 heavy (non-hydrogen) atoms. The normalized spacial score (nSPS) is 26.1. The molecule has 2 aromatic carbocycles. The molecule has 0 unspecified atom stereocenters. The number of rotatable bonds is 10. The molecule has 0 radical (unpaired) electrons. The quantitative estimate of drug-likeness (QED) is 0.275. The summed E-state index contributed by atoms with van der Waals surface area (Å²) in [7, 11) is 0. The van der Waals surface area contributed by atoms with Crippen LogP contribution < -0.4 is 15.0 Å². The van der Waals surface area contributed by atoms with Gasteiger partial charge in [0.25, 0.3) is 5.91 Å². The Bertz CT molecular complexity index is 1420. The van der Waals surface area contributed by atoms with Crippen LogP contribution in [-0.4, -0.2) is 55.1 Å². The summed E-state index contributed by atoms with van der Waals surface area (Å²) in [6.07, 6.45) is 13.0. The predicted molar refractivity (Wildman–Crippen MR) is 177 cm³/mol. The number of carbonyl (C=O) groups excluding carboxylic acids is 1. The van der Waals surface area contributed by atoms with Crippen molar-refractivity contribution in [1.29, 1.82) is 0 Å². The number of anilines is 1. The van der Waals surface area contributed by atoms with Crippen LogP contribution in [0.1, 0.15) is 73.9 Å². The van der Waals surface area contributed by atoms with Gasteiger partial charge in [0.15, 0.2) is 0 Å². The van der Waals surface area contributed by atoms with Gasteiger partial charge in [-0.3, -0.25) is 14.7 Å². The minimum atomic E-state index is 0.0909. The van der Waals surface area contributed by atoms with Gasteiger partial charge in [0.1, 0.15) is 5.75 Å². The average Bonchev–Trinajstić information content (AvgIpc) is 3.04. The third-order valence-electron chi connectivity index (χ3n) is 11.0. The molecular formula is C38H48N4O2. The highest BCUT2D eigenvalue weighted by Gasteiger charge is 2.50. The number of piperazine rings is 1. The second-order valence-corrected chi connectivity index (χ2v) is 14.1. The Morgan fingerprint density at radius 3 is 2.23 bits per heavy atom. The van der Waals surface area contributed by atoms with Crippen molar-refractivity contribution in [2.75, 3.05) is 44.2 Å². The van der Waals surface area contributed by atoms with E-state index in [1.54, 1.807) is 6.20 Å². The Kier molecular flexibility index (Phi) is 8.37. The molecule has 8 rings (SSSR count). The molecule has 0 atom stereocenters. The Morgan fingerprint density at radius 2 is 1.57 bits per heavy atom. The largest absolute Gasteiger partial charge is 0.492 e. The van der Waals surface area contributed by atoms with Crippen LogP contribution in [0, 0.1) is 23.2 Å². The highest BCUT2D eigenvalue weighted by Crippen LogP contribution is 2.59. The molecule has 1 N–H and O–H groups in total. The summed E-state index contributed by atoms with van der Waals surface area (Å²) < 4.78 is 5.66. The molecule has 6 nitrogen and oxygen atoms in total. The molecule has 1 aliphatic heterocycles. The minimum Gasteiger partial charge on any atom is -0.492 e. The number of aromatic nitrogens is 1. The van der Waals surface area contributed by atoms with Crippen molar-refractivity contribution in [3.8, 4) is 16.9 Å². The Hall–Kier alpha value is -3.38. The first-order chi connectivity index (χ1) is 21.5. The predicted octanol–water partition coefficient (Wildman–Crippen LogP) is 6.98. The molecule has 4 bridgehead atoms. The summed E-state index contributed by atoms with van der Waals surface area (Å²) in [4.78, 5) is 22.5. The summed E-state index contributed by atoms with van der Waals surface area (Å²) in [6, 6.07) is 17.2. The van der Waals surface area contributed by atoms with Gasteiger partial charge in [0.05, 0.1) is 12.8 Å². The van der Waals surface area contributed by atoms with Gasteiger partial charge in [-0.15, -0.1) is 0 Å². The van der Waals surface area contributed by atoms with Gasteiger partial charge in [-0.05, 0) is 122 Å². The van der Waals surface area contributed by atoms with Crippen LogP contribution in [0.3, 0.4) is 0 Å². The summed E-state index contributed by atoms with van der Waals surface area (Å²) in [5.41, 5.74) is 7.45. The molecule has 0 spiro atoms. The Labute approximate surface area is 263 Å². The number of amides is 1. The van der Waals surface area contributed by atoms with Crippen molar-refractivity contribution in [1.82, 2.24) is 15.2 Å². The second-order valence-electron chi connectivity index (χ2n) is 14.1. The summed E-state index contributed by atoms with van der Waals surface area (Å²) >= 11 is 0. The summed E-state index contributed by atoms with van der Waals surface area (Å²) in [6.45, 7) is 10.7. The second kappa shape index (κ2) is 12.5. The SMILES string of the molecule is CCOc1cncc(-c2ccc(CN3CCN(c4ccc(C(=O)NCC56CC7CC(CC(C7)C5)C6)cc4)CC3)c(CC)c2)c1. The minimum absolute atomic E-state index is 0.0909. The van der Waals surface area contributed by atoms with Crippen LogP contribution in [0.4, 0.5) is 5.69 Å². The number of pyridine rings is 1. The number of benzene rings is 2. The zero-order valence-corrected chi connectivity index (χ0v) is 26.6. The molecule has 4 saturated carbocycles. The Balaban J connectivity index is 0.914. The lowest BCUT2D eigenvalue weighted by atomic mass is 9.49. The molecule has 232 valence electrons. The zero-order chi connectivity index (χ0) is 30.1. The Morgan fingerprint density at radius 1 is 0.864 bits per heavy atom. The molecule has 2 heterocycles. The summed E-state index contributed by atoms with van der Waals surface area (Å²) in [5, 5.41) is 3.35. The van der Waals surface area contributed by atoms with Gasteiger partial charge in [-0.1, -0.05) is 25.1 Å². The number of nitrogens with one attached hydrogen (secondary N) is 1. The van der Waals surface area contributed by atoms with E-state index in [9.17, 15) is 4.79 Å². The number of nitrogens with zero attached hydrogens (tertiary/aromatic N) is 3. The van der Waals surface area contributed by atoms with Crippen molar-refractivity contribution >= 4 is 11.6 Å². The highest BCUT2D eigenvalue weighted by atomic mass is 16.5. The van der Waals surface area contributed by atoms with Crippen LogP contribution in [-0.2, 0) is 13.0 Å². The number of carbonyl (C=O) groups is 1. The van der Waals surface area contributed by atoms with Gasteiger partial charge < -0.3 is 15.0 Å². The van der Waals surface area contributed by atoms with Crippen LogP contribution >= 0.6 is 0 Å².